The molecule has 0 aliphatic heterocycles. The molecule has 0 saturated carbocycles. The van der Waals surface area contributed by atoms with Gasteiger partial charge in [-0.3, -0.25) is 0 Å². The molecule has 2 aromatic rings. The van der Waals surface area contributed by atoms with Crippen LogP contribution >= 0.6 is 35.0 Å². The number of hydrogen-bond acceptors (Lipinski definition) is 5. The second kappa shape index (κ2) is 5.38. The molecule has 0 amide bonds. The molecule has 0 fully saturated rings. The predicted molar refractivity (Wildman–Crippen MR) is 72.4 cm³/mol. The van der Waals surface area contributed by atoms with Gasteiger partial charge in [0.1, 0.15) is 0 Å². The van der Waals surface area contributed by atoms with Crippen molar-refractivity contribution >= 4 is 35.0 Å². The Morgan fingerprint density at radius 2 is 1.61 bits per heavy atom. The van der Waals surface area contributed by atoms with Gasteiger partial charge in [0.25, 0.3) is 0 Å². The molecule has 0 atom stereocenters. The van der Waals surface area contributed by atoms with Gasteiger partial charge in [-0.15, -0.1) is 10.2 Å². The van der Waals surface area contributed by atoms with Crippen molar-refractivity contribution in [2.24, 2.45) is 0 Å². The minimum Gasteiger partial charge on any atom is -0.227 e. The normalized spacial score (nSPS) is 10.7. The van der Waals surface area contributed by atoms with Gasteiger partial charge < -0.3 is 0 Å². The van der Waals surface area contributed by atoms with E-state index < -0.39 is 0 Å². The smallest absolute Gasteiger partial charge is 0.193 e. The number of hydrogen-bond donors (Lipinski definition) is 0. The maximum Gasteiger partial charge on any atom is 0.193 e. The van der Waals surface area contributed by atoms with E-state index in [4.69, 9.17) is 23.2 Å². The van der Waals surface area contributed by atoms with E-state index in [9.17, 15) is 0 Å². The highest BCUT2D eigenvalue weighted by atomic mass is 35.5. The maximum absolute atomic E-state index is 5.95. The van der Waals surface area contributed by atoms with Crippen molar-refractivity contribution in [2.75, 3.05) is 0 Å². The summed E-state index contributed by atoms with van der Waals surface area (Å²) >= 11 is 13.1. The van der Waals surface area contributed by atoms with Gasteiger partial charge in [-0.1, -0.05) is 23.2 Å². The molecule has 4 nitrogen and oxygen atoms in total. The van der Waals surface area contributed by atoms with E-state index in [1.807, 2.05) is 20.8 Å². The minimum atomic E-state index is 0.294. The van der Waals surface area contributed by atoms with Gasteiger partial charge in [0.05, 0.1) is 4.90 Å². The lowest BCUT2D eigenvalue weighted by atomic mass is 10.2. The predicted octanol–water partition coefficient (Wildman–Crippen LogP) is 3.65. The Hall–Kier alpha value is -0.910. The van der Waals surface area contributed by atoms with Crippen molar-refractivity contribution in [3.8, 4) is 0 Å². The van der Waals surface area contributed by atoms with Gasteiger partial charge in [-0.2, -0.15) is 0 Å². The molecule has 2 rings (SSSR count). The Morgan fingerprint density at radius 1 is 1.00 bits per heavy atom. The molecule has 2 aromatic heterocycles. The summed E-state index contributed by atoms with van der Waals surface area (Å²) in [5, 5.41) is 8.62. The zero-order valence-electron chi connectivity index (χ0n) is 10.0. The van der Waals surface area contributed by atoms with Crippen LogP contribution in [0, 0.1) is 20.8 Å². The first kappa shape index (κ1) is 13.5. The van der Waals surface area contributed by atoms with Gasteiger partial charge >= 0.3 is 0 Å². The topological polar surface area (TPSA) is 51.6 Å². The first-order chi connectivity index (χ1) is 8.47. The fraction of sp³-hybridized carbons (Fsp3) is 0.273. The van der Waals surface area contributed by atoms with Crippen LogP contribution in [0.3, 0.4) is 0 Å². The molecule has 18 heavy (non-hydrogen) atoms. The Kier molecular flexibility index (Phi) is 4.04. The zero-order valence-corrected chi connectivity index (χ0v) is 12.4. The highest BCUT2D eigenvalue weighted by Crippen LogP contribution is 2.31. The molecule has 0 spiro atoms. The molecule has 7 heteroatoms. The molecule has 2 heterocycles. The summed E-state index contributed by atoms with van der Waals surface area (Å²) < 4.78 is 0. The molecular weight excluding hydrogens is 291 g/mol. The quantitative estimate of drug-likeness (QED) is 0.792. The largest absolute Gasteiger partial charge is 0.227 e. The van der Waals surface area contributed by atoms with Crippen LogP contribution in [0.1, 0.15) is 17.0 Å². The summed E-state index contributed by atoms with van der Waals surface area (Å²) in [6.07, 6.45) is 0. The molecule has 94 valence electrons. The molecule has 0 aliphatic carbocycles. The third-order valence-corrected chi connectivity index (χ3v) is 3.97. The minimum absolute atomic E-state index is 0.294. The molecule has 0 bridgehead atoms. The van der Waals surface area contributed by atoms with Crippen molar-refractivity contribution in [1.82, 2.24) is 20.2 Å². The summed E-state index contributed by atoms with van der Waals surface area (Å²) in [6.45, 7) is 5.90. The summed E-state index contributed by atoms with van der Waals surface area (Å²) in [6, 6.07) is 1.65. The molecule has 0 unspecified atom stereocenters. The number of aryl methyl sites for hydroxylation is 2. The van der Waals surface area contributed by atoms with Gasteiger partial charge in [0, 0.05) is 11.4 Å². The van der Waals surface area contributed by atoms with Crippen LogP contribution in [-0.4, -0.2) is 20.2 Å². The molecule has 0 aromatic carbocycles. The van der Waals surface area contributed by atoms with E-state index in [-0.39, 0.29) is 0 Å². The van der Waals surface area contributed by atoms with Crippen molar-refractivity contribution in [2.45, 2.75) is 30.8 Å². The highest BCUT2D eigenvalue weighted by molar-refractivity contribution is 7.99. The van der Waals surface area contributed by atoms with Crippen LogP contribution in [0.25, 0.3) is 0 Å². The van der Waals surface area contributed by atoms with Crippen molar-refractivity contribution < 1.29 is 0 Å². The fourth-order valence-electron chi connectivity index (χ4n) is 1.29. The third-order valence-electron chi connectivity index (χ3n) is 2.50. The van der Waals surface area contributed by atoms with E-state index in [2.05, 4.69) is 20.2 Å². The Morgan fingerprint density at radius 3 is 2.22 bits per heavy atom. The lowest BCUT2D eigenvalue weighted by Gasteiger charge is -2.07. The standard InChI is InChI=1S/C11H10Cl2N4S/c1-5-6(2)14-11(15-7(5)3)18-8-4-9(12)16-17-10(8)13/h4H,1-3H3. The zero-order chi connectivity index (χ0) is 13.3. The van der Waals surface area contributed by atoms with Gasteiger partial charge in [-0.25, -0.2) is 9.97 Å². The van der Waals surface area contributed by atoms with E-state index in [0.717, 1.165) is 17.0 Å². The van der Waals surface area contributed by atoms with E-state index in [1.165, 1.54) is 11.8 Å². The SMILES string of the molecule is Cc1nc(Sc2cc(Cl)nnc2Cl)nc(C)c1C. The average Bonchev–Trinajstić information content (AvgIpc) is 2.31. The Bertz CT molecular complexity index is 581. The summed E-state index contributed by atoms with van der Waals surface area (Å²) in [4.78, 5) is 9.50. The first-order valence-electron chi connectivity index (χ1n) is 5.16. The average molecular weight is 301 g/mol. The Labute approximate surface area is 119 Å². The van der Waals surface area contributed by atoms with E-state index >= 15 is 0 Å². The molecule has 0 radical (unpaired) electrons. The van der Waals surface area contributed by atoms with Crippen LogP contribution in [0.15, 0.2) is 16.1 Å². The Balaban J connectivity index is 2.37. The number of aromatic nitrogens is 4. The summed E-state index contributed by atoms with van der Waals surface area (Å²) in [5.74, 6) is 0. The summed E-state index contributed by atoms with van der Waals surface area (Å²) in [5.41, 5.74) is 3.00. The van der Waals surface area contributed by atoms with E-state index in [0.29, 0.717) is 20.4 Å². The second-order valence-corrected chi connectivity index (χ2v) is 5.48. The fourth-order valence-corrected chi connectivity index (χ4v) is 2.57. The van der Waals surface area contributed by atoms with E-state index in [1.54, 1.807) is 6.07 Å². The van der Waals surface area contributed by atoms with Crippen molar-refractivity contribution in [1.29, 1.82) is 0 Å². The van der Waals surface area contributed by atoms with Crippen LogP contribution < -0.4 is 0 Å². The number of nitrogens with zero attached hydrogens (tertiary/aromatic N) is 4. The monoisotopic (exact) mass is 300 g/mol. The van der Waals surface area contributed by atoms with Crippen molar-refractivity contribution in [3.63, 3.8) is 0 Å². The summed E-state index contributed by atoms with van der Waals surface area (Å²) in [7, 11) is 0. The molecule has 0 saturated heterocycles. The van der Waals surface area contributed by atoms with Gasteiger partial charge in [0.15, 0.2) is 15.5 Å². The second-order valence-electron chi connectivity index (χ2n) is 3.73. The van der Waals surface area contributed by atoms with Crippen molar-refractivity contribution in [3.05, 3.63) is 33.3 Å². The lowest BCUT2D eigenvalue weighted by Crippen LogP contribution is -1.98. The molecule has 0 aliphatic rings. The number of rotatable bonds is 2. The van der Waals surface area contributed by atoms with Crippen LogP contribution in [0.2, 0.25) is 10.3 Å². The molecule has 0 N–H and O–H groups in total. The van der Waals surface area contributed by atoms with Gasteiger partial charge in [-0.05, 0) is 44.2 Å². The van der Waals surface area contributed by atoms with Crippen LogP contribution in [0.4, 0.5) is 0 Å². The molecular formula is C11H10Cl2N4S. The van der Waals surface area contributed by atoms with Gasteiger partial charge in [0.2, 0.25) is 0 Å². The van der Waals surface area contributed by atoms with Crippen LogP contribution in [-0.2, 0) is 0 Å². The first-order valence-corrected chi connectivity index (χ1v) is 6.73. The highest BCUT2D eigenvalue weighted by Gasteiger charge is 2.10. The number of halogens is 2. The third kappa shape index (κ3) is 2.91. The lowest BCUT2D eigenvalue weighted by molar-refractivity contribution is 0.879. The van der Waals surface area contributed by atoms with Crippen LogP contribution in [0.5, 0.6) is 0 Å². The maximum atomic E-state index is 5.95.